The van der Waals surface area contributed by atoms with Crippen LogP contribution in [0.2, 0.25) is 0 Å². The molecule has 0 aliphatic carbocycles. The van der Waals surface area contributed by atoms with Gasteiger partial charge in [-0.1, -0.05) is 12.1 Å². The smallest absolute Gasteiger partial charge is 0.417 e. The summed E-state index contributed by atoms with van der Waals surface area (Å²) in [6.45, 7) is 2.04. The predicted molar refractivity (Wildman–Crippen MR) is 117 cm³/mol. The number of halogens is 3. The Labute approximate surface area is 195 Å². The molecule has 0 unspecified atom stereocenters. The molecule has 1 N–H and O–H groups in total. The Morgan fingerprint density at radius 2 is 1.53 bits per heavy atom. The first kappa shape index (κ1) is 25.5. The van der Waals surface area contributed by atoms with E-state index in [-0.39, 0.29) is 32.1 Å². The van der Waals surface area contributed by atoms with Gasteiger partial charge in [-0.15, -0.1) is 0 Å². The lowest BCUT2D eigenvalue weighted by atomic mass is 10.1. The molecule has 3 rings (SSSR count). The minimum atomic E-state index is -4.87. The number of hydrogen-bond donors (Lipinski definition) is 1. The summed E-state index contributed by atoms with van der Waals surface area (Å²) in [6, 6.07) is 9.07. The molecule has 0 saturated carbocycles. The number of carbonyl (C=O) groups excluding carboxylic acids is 2. The number of rotatable bonds is 6. The molecule has 1 saturated heterocycles. The second-order valence-corrected chi connectivity index (χ2v) is 9.37. The van der Waals surface area contributed by atoms with Gasteiger partial charge in [0.15, 0.2) is 0 Å². The van der Waals surface area contributed by atoms with Gasteiger partial charge in [0.2, 0.25) is 15.9 Å². The van der Waals surface area contributed by atoms with Crippen LogP contribution in [0.25, 0.3) is 0 Å². The number of carbonyl (C=O) groups is 2. The van der Waals surface area contributed by atoms with Crippen LogP contribution in [-0.4, -0.2) is 69.4 Å². The molecule has 1 heterocycles. The molecular formula is C22H24F3N3O5S. The molecule has 0 spiro atoms. The monoisotopic (exact) mass is 499 g/mol. The number of hydrogen-bond acceptors (Lipinski definition) is 5. The lowest BCUT2D eigenvalue weighted by Gasteiger charge is -2.36. The zero-order chi connectivity index (χ0) is 25.1. The first-order valence-electron chi connectivity index (χ1n) is 10.3. The Morgan fingerprint density at radius 1 is 0.971 bits per heavy atom. The van der Waals surface area contributed by atoms with Crippen LogP contribution in [0.15, 0.2) is 53.4 Å². The summed E-state index contributed by atoms with van der Waals surface area (Å²) >= 11 is 0. The third-order valence-corrected chi connectivity index (χ3v) is 7.00. The van der Waals surface area contributed by atoms with E-state index in [0.717, 1.165) is 12.1 Å². The Hall–Kier alpha value is -3.12. The summed E-state index contributed by atoms with van der Waals surface area (Å²) in [5.41, 5.74) is -0.849. The summed E-state index contributed by atoms with van der Waals surface area (Å²) in [5.74, 6) is -0.196. The van der Waals surface area contributed by atoms with Crippen molar-refractivity contribution < 1.29 is 35.9 Å². The predicted octanol–water partition coefficient (Wildman–Crippen LogP) is 2.37. The number of sulfonamides is 1. The van der Waals surface area contributed by atoms with Crippen LogP contribution in [-0.2, 0) is 21.0 Å². The van der Waals surface area contributed by atoms with Gasteiger partial charge < -0.3 is 14.5 Å². The Bertz CT molecular complexity index is 1150. The number of nitrogens with zero attached hydrogens (tertiary/aromatic N) is 2. The van der Waals surface area contributed by atoms with Gasteiger partial charge in [-0.3, -0.25) is 9.59 Å². The van der Waals surface area contributed by atoms with E-state index in [9.17, 15) is 31.2 Å². The van der Waals surface area contributed by atoms with Crippen molar-refractivity contribution in [3.05, 3.63) is 59.7 Å². The number of benzene rings is 2. The number of ether oxygens (including phenoxy) is 1. The van der Waals surface area contributed by atoms with Crippen molar-refractivity contribution in [3.8, 4) is 5.75 Å². The van der Waals surface area contributed by atoms with Gasteiger partial charge in [0, 0.05) is 31.7 Å². The van der Waals surface area contributed by atoms with Gasteiger partial charge in [0.1, 0.15) is 5.75 Å². The molecule has 0 aromatic heterocycles. The molecule has 1 aliphatic rings. The van der Waals surface area contributed by atoms with Gasteiger partial charge in [-0.25, -0.2) is 8.42 Å². The van der Waals surface area contributed by atoms with Gasteiger partial charge in [0.25, 0.3) is 5.91 Å². The van der Waals surface area contributed by atoms with E-state index in [4.69, 9.17) is 4.74 Å². The summed E-state index contributed by atoms with van der Waals surface area (Å²) in [6.07, 6.45) is -4.87. The van der Waals surface area contributed by atoms with Gasteiger partial charge in [-0.2, -0.15) is 17.9 Å². The molecular weight excluding hydrogens is 475 g/mol. The number of amides is 2. The van der Waals surface area contributed by atoms with Crippen LogP contribution in [0, 0.1) is 0 Å². The fraction of sp³-hybridized carbons (Fsp3) is 0.364. The first-order chi connectivity index (χ1) is 15.9. The molecule has 1 atom stereocenters. The molecule has 184 valence electrons. The van der Waals surface area contributed by atoms with Crippen molar-refractivity contribution in [2.75, 3.05) is 33.3 Å². The zero-order valence-electron chi connectivity index (χ0n) is 18.5. The van der Waals surface area contributed by atoms with E-state index < -0.39 is 38.6 Å². The lowest BCUT2D eigenvalue weighted by molar-refractivity contribution is -0.139. The van der Waals surface area contributed by atoms with Crippen LogP contribution in [0.3, 0.4) is 0 Å². The third kappa shape index (κ3) is 5.68. The second kappa shape index (κ2) is 10.0. The molecule has 2 aromatic carbocycles. The summed E-state index contributed by atoms with van der Waals surface area (Å²) in [4.78, 5) is 27.4. The lowest BCUT2D eigenvalue weighted by Crippen LogP contribution is -2.55. The highest BCUT2D eigenvalue weighted by atomic mass is 32.2. The van der Waals surface area contributed by atoms with E-state index in [1.54, 1.807) is 29.2 Å². The maximum atomic E-state index is 13.2. The van der Waals surface area contributed by atoms with E-state index >= 15 is 0 Å². The van der Waals surface area contributed by atoms with E-state index in [1.807, 2.05) is 4.72 Å². The van der Waals surface area contributed by atoms with Crippen molar-refractivity contribution in [2.45, 2.75) is 24.0 Å². The highest BCUT2D eigenvalue weighted by molar-refractivity contribution is 7.89. The second-order valence-electron chi connectivity index (χ2n) is 7.68. The molecule has 2 aromatic rings. The Morgan fingerprint density at radius 3 is 2.09 bits per heavy atom. The number of piperazine rings is 1. The Balaban J connectivity index is 1.62. The minimum absolute atomic E-state index is 0.159. The number of methoxy groups -OCH3 is 1. The van der Waals surface area contributed by atoms with E-state index in [0.29, 0.717) is 17.4 Å². The van der Waals surface area contributed by atoms with Gasteiger partial charge in [0.05, 0.1) is 23.6 Å². The maximum Gasteiger partial charge on any atom is 0.417 e. The molecule has 1 fully saturated rings. The first-order valence-corrected chi connectivity index (χ1v) is 11.8. The van der Waals surface area contributed by atoms with Crippen molar-refractivity contribution >= 4 is 21.8 Å². The molecule has 0 radical (unpaired) electrons. The Kier molecular flexibility index (Phi) is 7.51. The van der Waals surface area contributed by atoms with E-state index in [2.05, 4.69) is 0 Å². The minimum Gasteiger partial charge on any atom is -0.497 e. The normalized spacial score (nSPS) is 15.7. The van der Waals surface area contributed by atoms with Crippen molar-refractivity contribution in [1.82, 2.24) is 14.5 Å². The molecule has 34 heavy (non-hydrogen) atoms. The third-order valence-electron chi connectivity index (χ3n) is 5.40. The van der Waals surface area contributed by atoms with Crippen LogP contribution in [0.4, 0.5) is 13.2 Å². The van der Waals surface area contributed by atoms with Crippen molar-refractivity contribution in [3.63, 3.8) is 0 Å². The molecule has 1 aliphatic heterocycles. The zero-order valence-corrected chi connectivity index (χ0v) is 19.3. The summed E-state index contributed by atoms with van der Waals surface area (Å²) in [7, 11) is -3.10. The fourth-order valence-electron chi connectivity index (χ4n) is 3.60. The molecule has 8 nitrogen and oxygen atoms in total. The van der Waals surface area contributed by atoms with Crippen LogP contribution >= 0.6 is 0 Å². The van der Waals surface area contributed by atoms with E-state index in [1.165, 1.54) is 25.0 Å². The molecule has 0 bridgehead atoms. The largest absolute Gasteiger partial charge is 0.497 e. The molecule has 12 heteroatoms. The standard InChI is InChI=1S/C22H24F3N3O5S/c1-15(26-34(31,32)19-6-4-3-5-18(19)22(23,24)25)20(29)27-11-13-28(14-12-27)21(30)16-7-9-17(33-2)10-8-16/h3-10,15,26H,11-14H2,1-2H3/t15-/m0/s1. The molecule has 2 amide bonds. The average Bonchev–Trinajstić information content (AvgIpc) is 2.82. The van der Waals surface area contributed by atoms with Crippen LogP contribution < -0.4 is 9.46 Å². The number of alkyl halides is 3. The topological polar surface area (TPSA) is 96.0 Å². The highest BCUT2D eigenvalue weighted by Crippen LogP contribution is 2.34. The maximum absolute atomic E-state index is 13.2. The fourth-order valence-corrected chi connectivity index (χ4v) is 5.03. The summed E-state index contributed by atoms with van der Waals surface area (Å²) < 4.78 is 72.0. The van der Waals surface area contributed by atoms with Crippen molar-refractivity contribution in [1.29, 1.82) is 0 Å². The quantitative estimate of drug-likeness (QED) is 0.659. The SMILES string of the molecule is COc1ccc(C(=O)N2CCN(C(=O)[C@H](C)NS(=O)(=O)c3ccccc3C(F)(F)F)CC2)cc1. The van der Waals surface area contributed by atoms with Crippen LogP contribution in [0.1, 0.15) is 22.8 Å². The van der Waals surface area contributed by atoms with Gasteiger partial charge >= 0.3 is 6.18 Å². The summed E-state index contributed by atoms with van der Waals surface area (Å²) in [5, 5.41) is 0. The highest BCUT2D eigenvalue weighted by Gasteiger charge is 2.38. The van der Waals surface area contributed by atoms with Gasteiger partial charge in [-0.05, 0) is 43.3 Å². The van der Waals surface area contributed by atoms with Crippen molar-refractivity contribution in [2.24, 2.45) is 0 Å². The average molecular weight is 500 g/mol. The van der Waals surface area contributed by atoms with Crippen LogP contribution in [0.5, 0.6) is 5.75 Å². The number of nitrogens with one attached hydrogen (secondary N) is 1.